The molecule has 2 aromatic rings. The Kier molecular flexibility index (Phi) is 3.13. The van der Waals surface area contributed by atoms with Crippen molar-refractivity contribution in [2.45, 2.75) is 13.5 Å². The lowest BCUT2D eigenvalue weighted by Gasteiger charge is -2.05. The van der Waals surface area contributed by atoms with E-state index in [9.17, 15) is 0 Å². The summed E-state index contributed by atoms with van der Waals surface area (Å²) in [6.07, 6.45) is 1.67. The quantitative estimate of drug-likeness (QED) is 0.879. The number of aryl methyl sites for hydroxylation is 1. The molecule has 0 aromatic carbocycles. The number of anilines is 1. The molecule has 4 nitrogen and oxygen atoms in total. The van der Waals surface area contributed by atoms with Crippen molar-refractivity contribution in [2.24, 2.45) is 0 Å². The molecule has 5 heteroatoms. The molecule has 0 spiro atoms. The molecule has 0 bridgehead atoms. The molecule has 0 aliphatic rings. The van der Waals surface area contributed by atoms with Crippen LogP contribution in [0.4, 0.5) is 5.82 Å². The van der Waals surface area contributed by atoms with Gasteiger partial charge in [-0.2, -0.15) is 5.26 Å². The maximum Gasteiger partial charge on any atom is 0.144 e. The Labute approximate surface area is 97.6 Å². The summed E-state index contributed by atoms with van der Waals surface area (Å²) in [5.41, 5.74) is 3.40. The summed E-state index contributed by atoms with van der Waals surface area (Å²) in [7, 11) is 0. The fourth-order valence-corrected chi connectivity index (χ4v) is 2.01. The Bertz CT molecular complexity index is 527. The Morgan fingerprint density at radius 1 is 1.50 bits per heavy atom. The highest BCUT2D eigenvalue weighted by atomic mass is 32.1. The van der Waals surface area contributed by atoms with Crippen molar-refractivity contribution in [1.29, 1.82) is 5.26 Å². The summed E-state index contributed by atoms with van der Waals surface area (Å²) in [6, 6.07) is 5.60. The van der Waals surface area contributed by atoms with Crippen molar-refractivity contribution in [3.05, 3.63) is 40.0 Å². The molecule has 0 radical (unpaired) electrons. The first-order valence-electron chi connectivity index (χ1n) is 4.79. The summed E-state index contributed by atoms with van der Waals surface area (Å²) >= 11 is 1.60. The molecule has 0 amide bonds. The van der Waals surface area contributed by atoms with Crippen molar-refractivity contribution in [1.82, 2.24) is 9.97 Å². The van der Waals surface area contributed by atoms with Crippen LogP contribution < -0.4 is 5.32 Å². The number of aromatic nitrogens is 2. The molecular weight excluding hydrogens is 220 g/mol. The summed E-state index contributed by atoms with van der Waals surface area (Å²) in [5, 5.41) is 12.0. The molecule has 0 fully saturated rings. The minimum absolute atomic E-state index is 0.560. The van der Waals surface area contributed by atoms with Crippen LogP contribution in [0.1, 0.15) is 16.1 Å². The lowest BCUT2D eigenvalue weighted by atomic mass is 10.3. The van der Waals surface area contributed by atoms with Crippen LogP contribution in [0.2, 0.25) is 0 Å². The zero-order valence-corrected chi connectivity index (χ0v) is 9.58. The monoisotopic (exact) mass is 230 g/mol. The first kappa shape index (κ1) is 10.6. The molecule has 0 aliphatic heterocycles. The number of nitrogens with one attached hydrogen (secondary N) is 1. The fourth-order valence-electron chi connectivity index (χ4n) is 1.30. The molecule has 0 aliphatic carbocycles. The van der Waals surface area contributed by atoms with Crippen LogP contribution >= 0.6 is 11.3 Å². The number of hydrogen-bond donors (Lipinski definition) is 1. The standard InChI is InChI=1S/C11H10N4S/c1-8-10(16-7-15-8)6-14-11-9(5-12)3-2-4-13-11/h2-4,7H,6H2,1H3,(H,13,14). The third-order valence-electron chi connectivity index (χ3n) is 2.19. The minimum Gasteiger partial charge on any atom is -0.364 e. The van der Waals surface area contributed by atoms with Gasteiger partial charge in [0.1, 0.15) is 11.9 Å². The Morgan fingerprint density at radius 3 is 3.06 bits per heavy atom. The number of nitrogens with zero attached hydrogens (tertiary/aromatic N) is 3. The average Bonchev–Trinajstić information content (AvgIpc) is 2.72. The van der Waals surface area contributed by atoms with Crippen LogP contribution in [-0.2, 0) is 6.54 Å². The molecule has 80 valence electrons. The van der Waals surface area contributed by atoms with Gasteiger partial charge in [0.15, 0.2) is 0 Å². The second kappa shape index (κ2) is 4.73. The Hall–Kier alpha value is -1.93. The van der Waals surface area contributed by atoms with Gasteiger partial charge in [-0.05, 0) is 19.1 Å². The zero-order valence-electron chi connectivity index (χ0n) is 8.77. The molecule has 0 saturated heterocycles. The van der Waals surface area contributed by atoms with Gasteiger partial charge < -0.3 is 5.32 Å². The predicted octanol–water partition coefficient (Wildman–Crippen LogP) is 2.33. The van der Waals surface area contributed by atoms with Crippen LogP contribution in [-0.4, -0.2) is 9.97 Å². The van der Waals surface area contributed by atoms with Gasteiger partial charge in [-0.15, -0.1) is 11.3 Å². The summed E-state index contributed by atoms with van der Waals surface area (Å²) in [4.78, 5) is 9.46. The third kappa shape index (κ3) is 2.18. The van der Waals surface area contributed by atoms with Crippen LogP contribution in [0.25, 0.3) is 0 Å². The van der Waals surface area contributed by atoms with E-state index in [-0.39, 0.29) is 0 Å². The normalized spacial score (nSPS) is 9.75. The van der Waals surface area contributed by atoms with Crippen LogP contribution in [0.15, 0.2) is 23.8 Å². The highest BCUT2D eigenvalue weighted by Gasteiger charge is 2.04. The largest absolute Gasteiger partial charge is 0.364 e. The Morgan fingerprint density at radius 2 is 2.38 bits per heavy atom. The molecule has 0 atom stereocenters. The summed E-state index contributed by atoms with van der Waals surface area (Å²) in [6.45, 7) is 2.62. The van der Waals surface area contributed by atoms with E-state index in [1.807, 2.05) is 12.4 Å². The number of rotatable bonds is 3. The van der Waals surface area contributed by atoms with Crippen molar-refractivity contribution < 1.29 is 0 Å². The third-order valence-corrected chi connectivity index (χ3v) is 3.12. The van der Waals surface area contributed by atoms with Crippen molar-refractivity contribution in [3.8, 4) is 6.07 Å². The smallest absolute Gasteiger partial charge is 0.144 e. The number of pyridine rings is 1. The second-order valence-electron chi connectivity index (χ2n) is 3.23. The van der Waals surface area contributed by atoms with E-state index >= 15 is 0 Å². The lowest BCUT2D eigenvalue weighted by molar-refractivity contribution is 1.09. The van der Waals surface area contributed by atoms with Crippen LogP contribution in [0.3, 0.4) is 0 Å². The molecule has 16 heavy (non-hydrogen) atoms. The minimum atomic E-state index is 0.560. The van der Waals surface area contributed by atoms with Gasteiger partial charge in [-0.1, -0.05) is 0 Å². The van der Waals surface area contributed by atoms with Crippen molar-refractivity contribution in [3.63, 3.8) is 0 Å². The first-order valence-corrected chi connectivity index (χ1v) is 5.67. The summed E-state index contributed by atoms with van der Waals surface area (Å²) in [5.74, 6) is 0.623. The second-order valence-corrected chi connectivity index (χ2v) is 4.17. The maximum absolute atomic E-state index is 8.89. The van der Waals surface area contributed by atoms with E-state index in [1.165, 1.54) is 0 Å². The van der Waals surface area contributed by atoms with Crippen LogP contribution in [0.5, 0.6) is 0 Å². The van der Waals surface area contributed by atoms with E-state index in [0.717, 1.165) is 10.6 Å². The van der Waals surface area contributed by atoms with Gasteiger partial charge in [-0.3, -0.25) is 0 Å². The van der Waals surface area contributed by atoms with Crippen molar-refractivity contribution >= 4 is 17.2 Å². The fraction of sp³-hybridized carbons (Fsp3) is 0.182. The van der Waals surface area contributed by atoms with Gasteiger partial charge in [0.05, 0.1) is 23.3 Å². The van der Waals surface area contributed by atoms with Crippen molar-refractivity contribution in [2.75, 3.05) is 5.32 Å². The number of thiazole rings is 1. The van der Waals surface area contributed by atoms with Crippen LogP contribution in [0, 0.1) is 18.3 Å². The average molecular weight is 230 g/mol. The molecule has 2 heterocycles. The highest BCUT2D eigenvalue weighted by Crippen LogP contribution is 2.15. The van der Waals surface area contributed by atoms with E-state index in [1.54, 1.807) is 29.7 Å². The SMILES string of the molecule is Cc1ncsc1CNc1ncccc1C#N. The van der Waals surface area contributed by atoms with Gasteiger partial charge in [0.25, 0.3) is 0 Å². The number of nitriles is 1. The van der Waals surface area contributed by atoms with E-state index in [0.29, 0.717) is 17.9 Å². The molecule has 1 N–H and O–H groups in total. The first-order chi connectivity index (χ1) is 7.81. The van der Waals surface area contributed by atoms with E-state index < -0.39 is 0 Å². The van der Waals surface area contributed by atoms with E-state index in [4.69, 9.17) is 5.26 Å². The van der Waals surface area contributed by atoms with Gasteiger partial charge in [0, 0.05) is 11.1 Å². The van der Waals surface area contributed by atoms with Gasteiger partial charge in [0.2, 0.25) is 0 Å². The molecule has 0 saturated carbocycles. The highest BCUT2D eigenvalue weighted by molar-refractivity contribution is 7.09. The predicted molar refractivity (Wildman–Crippen MR) is 63.1 cm³/mol. The summed E-state index contributed by atoms with van der Waals surface area (Å²) < 4.78 is 0. The molecule has 2 aromatic heterocycles. The van der Waals surface area contributed by atoms with Gasteiger partial charge in [-0.25, -0.2) is 9.97 Å². The molecule has 2 rings (SSSR count). The molecular formula is C11H10N4S. The molecule has 0 unspecified atom stereocenters. The Balaban J connectivity index is 2.11. The number of hydrogen-bond acceptors (Lipinski definition) is 5. The topological polar surface area (TPSA) is 61.6 Å². The maximum atomic E-state index is 8.89. The van der Waals surface area contributed by atoms with E-state index in [2.05, 4.69) is 21.4 Å². The zero-order chi connectivity index (χ0) is 11.4. The van der Waals surface area contributed by atoms with Gasteiger partial charge >= 0.3 is 0 Å². The lowest BCUT2D eigenvalue weighted by Crippen LogP contribution is -2.02.